The molecule has 0 heterocycles. The molecule has 0 unspecified atom stereocenters. The van der Waals surface area contributed by atoms with E-state index in [1.165, 1.54) is 0 Å². The van der Waals surface area contributed by atoms with Crippen LogP contribution >= 0.6 is 11.6 Å². The molecule has 1 saturated carbocycles. The molecular weight excluding hydrogens is 320 g/mol. The van der Waals surface area contributed by atoms with E-state index in [0.717, 1.165) is 37.1 Å². The average molecular weight is 343 g/mol. The highest BCUT2D eigenvalue weighted by molar-refractivity contribution is 6.30. The monoisotopic (exact) mass is 342 g/mol. The van der Waals surface area contributed by atoms with E-state index in [1.54, 1.807) is 0 Å². The number of rotatable bonds is 6. The molecule has 1 aliphatic carbocycles. The van der Waals surface area contributed by atoms with Crippen LogP contribution in [0.15, 0.2) is 54.6 Å². The van der Waals surface area contributed by atoms with Crippen LogP contribution in [0.2, 0.25) is 5.02 Å². The third kappa shape index (κ3) is 3.41. The fourth-order valence-corrected chi connectivity index (χ4v) is 3.47. The summed E-state index contributed by atoms with van der Waals surface area (Å²) in [6.07, 6.45) is 2.88. The SMILES string of the molecule is CN(CCNC(=O)C1(c2cccc(Cl)c2)CCC1)c1ccccc1. The van der Waals surface area contributed by atoms with Crippen LogP contribution in [0.3, 0.4) is 0 Å². The van der Waals surface area contributed by atoms with Gasteiger partial charge in [0.15, 0.2) is 0 Å². The third-order valence-electron chi connectivity index (χ3n) is 4.95. The Morgan fingerprint density at radius 1 is 1.17 bits per heavy atom. The minimum atomic E-state index is -0.393. The van der Waals surface area contributed by atoms with Crippen LogP contribution in [0, 0.1) is 0 Å². The van der Waals surface area contributed by atoms with Crippen molar-refractivity contribution in [3.8, 4) is 0 Å². The molecule has 3 rings (SSSR count). The molecule has 0 aliphatic heterocycles. The van der Waals surface area contributed by atoms with Crippen LogP contribution in [0.1, 0.15) is 24.8 Å². The molecule has 1 fully saturated rings. The van der Waals surface area contributed by atoms with Crippen LogP contribution < -0.4 is 10.2 Å². The summed E-state index contributed by atoms with van der Waals surface area (Å²) in [7, 11) is 2.04. The first-order valence-electron chi connectivity index (χ1n) is 8.42. The number of halogens is 1. The number of hydrogen-bond donors (Lipinski definition) is 1. The maximum Gasteiger partial charge on any atom is 0.230 e. The summed E-state index contributed by atoms with van der Waals surface area (Å²) >= 11 is 6.11. The minimum absolute atomic E-state index is 0.123. The highest BCUT2D eigenvalue weighted by Crippen LogP contribution is 2.44. The molecule has 0 spiro atoms. The first-order valence-corrected chi connectivity index (χ1v) is 8.80. The Kier molecular flexibility index (Phi) is 5.10. The van der Waals surface area contributed by atoms with Crippen LogP contribution in [0.5, 0.6) is 0 Å². The van der Waals surface area contributed by atoms with Crippen molar-refractivity contribution in [3.63, 3.8) is 0 Å². The van der Waals surface area contributed by atoms with Gasteiger partial charge < -0.3 is 10.2 Å². The summed E-state index contributed by atoms with van der Waals surface area (Å²) in [5.41, 5.74) is 1.80. The minimum Gasteiger partial charge on any atom is -0.373 e. The van der Waals surface area contributed by atoms with Crippen molar-refractivity contribution in [1.82, 2.24) is 5.32 Å². The summed E-state index contributed by atoms with van der Waals surface area (Å²) in [6.45, 7) is 1.41. The first kappa shape index (κ1) is 16.8. The van der Waals surface area contributed by atoms with Gasteiger partial charge in [0.25, 0.3) is 0 Å². The number of hydrogen-bond acceptors (Lipinski definition) is 2. The van der Waals surface area contributed by atoms with Crippen molar-refractivity contribution in [3.05, 3.63) is 65.2 Å². The zero-order valence-electron chi connectivity index (χ0n) is 14.0. The fourth-order valence-electron chi connectivity index (χ4n) is 3.28. The number of anilines is 1. The van der Waals surface area contributed by atoms with Crippen LogP contribution in [0.4, 0.5) is 5.69 Å². The van der Waals surface area contributed by atoms with Crippen LogP contribution in [-0.4, -0.2) is 26.0 Å². The van der Waals surface area contributed by atoms with E-state index in [-0.39, 0.29) is 5.91 Å². The molecule has 0 bridgehead atoms. The Morgan fingerprint density at radius 3 is 2.54 bits per heavy atom. The molecular formula is C20H23ClN2O. The van der Waals surface area contributed by atoms with E-state index < -0.39 is 5.41 Å². The van der Waals surface area contributed by atoms with E-state index in [4.69, 9.17) is 11.6 Å². The quantitative estimate of drug-likeness (QED) is 0.860. The van der Waals surface area contributed by atoms with Crippen molar-refractivity contribution in [2.75, 3.05) is 25.0 Å². The average Bonchev–Trinajstić information content (AvgIpc) is 2.54. The van der Waals surface area contributed by atoms with Gasteiger partial charge in [-0.25, -0.2) is 0 Å². The molecule has 24 heavy (non-hydrogen) atoms. The van der Waals surface area contributed by atoms with Gasteiger partial charge in [0.2, 0.25) is 5.91 Å². The number of para-hydroxylation sites is 1. The van der Waals surface area contributed by atoms with Crippen molar-refractivity contribution in [2.24, 2.45) is 0 Å². The number of nitrogens with zero attached hydrogens (tertiary/aromatic N) is 1. The third-order valence-corrected chi connectivity index (χ3v) is 5.18. The Bertz CT molecular complexity index is 698. The molecule has 2 aromatic carbocycles. The van der Waals surface area contributed by atoms with Gasteiger partial charge in [-0.3, -0.25) is 4.79 Å². The number of benzene rings is 2. The molecule has 1 N–H and O–H groups in total. The van der Waals surface area contributed by atoms with Gasteiger partial charge in [-0.1, -0.05) is 48.4 Å². The van der Waals surface area contributed by atoms with Gasteiger partial charge in [0.1, 0.15) is 0 Å². The molecule has 0 aromatic heterocycles. The van der Waals surface area contributed by atoms with Gasteiger partial charge in [-0.05, 0) is 42.7 Å². The fraction of sp³-hybridized carbons (Fsp3) is 0.350. The molecule has 0 saturated heterocycles. The van der Waals surface area contributed by atoms with E-state index >= 15 is 0 Å². The van der Waals surface area contributed by atoms with Crippen molar-refractivity contribution in [2.45, 2.75) is 24.7 Å². The molecule has 2 aromatic rings. The molecule has 126 valence electrons. The molecule has 3 nitrogen and oxygen atoms in total. The summed E-state index contributed by atoms with van der Waals surface area (Å²) in [5, 5.41) is 3.81. The second-order valence-electron chi connectivity index (χ2n) is 6.46. The number of carbonyl (C=O) groups is 1. The topological polar surface area (TPSA) is 32.3 Å². The largest absolute Gasteiger partial charge is 0.373 e. The highest BCUT2D eigenvalue weighted by atomic mass is 35.5. The Morgan fingerprint density at radius 2 is 1.92 bits per heavy atom. The standard InChI is InChI=1S/C20H23ClN2O/c1-23(18-9-3-2-4-10-18)14-13-22-19(24)20(11-6-12-20)16-7-5-8-17(21)15-16/h2-5,7-10,15H,6,11-14H2,1H3,(H,22,24). The van der Waals surface area contributed by atoms with Crippen molar-refractivity contribution >= 4 is 23.2 Å². The molecule has 0 atom stereocenters. The molecule has 4 heteroatoms. The Balaban J connectivity index is 1.60. The zero-order chi connectivity index (χ0) is 17.0. The van der Waals surface area contributed by atoms with Gasteiger partial charge in [-0.2, -0.15) is 0 Å². The zero-order valence-corrected chi connectivity index (χ0v) is 14.7. The summed E-state index contributed by atoms with van der Waals surface area (Å²) < 4.78 is 0. The lowest BCUT2D eigenvalue weighted by molar-refractivity contribution is -0.129. The molecule has 1 amide bonds. The Hall–Kier alpha value is -2.00. The number of amides is 1. The van der Waals surface area contributed by atoms with Crippen LogP contribution in [0.25, 0.3) is 0 Å². The van der Waals surface area contributed by atoms with Gasteiger partial charge in [0.05, 0.1) is 5.41 Å². The van der Waals surface area contributed by atoms with E-state index in [9.17, 15) is 4.79 Å². The lowest BCUT2D eigenvalue weighted by Crippen LogP contribution is -2.50. The lowest BCUT2D eigenvalue weighted by Gasteiger charge is -2.41. The maximum atomic E-state index is 12.8. The van der Waals surface area contributed by atoms with E-state index in [2.05, 4.69) is 22.3 Å². The van der Waals surface area contributed by atoms with Crippen molar-refractivity contribution < 1.29 is 4.79 Å². The number of nitrogens with one attached hydrogen (secondary N) is 1. The molecule has 1 aliphatic rings. The Labute approximate surface area is 148 Å². The second kappa shape index (κ2) is 7.27. The summed E-state index contributed by atoms with van der Waals surface area (Å²) in [6, 6.07) is 17.9. The van der Waals surface area contributed by atoms with E-state index in [0.29, 0.717) is 11.6 Å². The predicted octanol–water partition coefficient (Wildman–Crippen LogP) is 4.01. The van der Waals surface area contributed by atoms with Gasteiger partial charge >= 0.3 is 0 Å². The van der Waals surface area contributed by atoms with E-state index in [1.807, 2.05) is 49.5 Å². The van der Waals surface area contributed by atoms with Crippen molar-refractivity contribution in [1.29, 1.82) is 0 Å². The van der Waals surface area contributed by atoms with Gasteiger partial charge in [-0.15, -0.1) is 0 Å². The normalized spacial score (nSPS) is 15.4. The van der Waals surface area contributed by atoms with Crippen LogP contribution in [-0.2, 0) is 10.2 Å². The van der Waals surface area contributed by atoms with Gasteiger partial charge in [0, 0.05) is 30.8 Å². The smallest absolute Gasteiger partial charge is 0.230 e. The maximum absolute atomic E-state index is 12.8. The second-order valence-corrected chi connectivity index (χ2v) is 6.90. The molecule has 0 radical (unpaired) electrons. The summed E-state index contributed by atoms with van der Waals surface area (Å²) in [4.78, 5) is 15.0. The summed E-state index contributed by atoms with van der Waals surface area (Å²) in [5.74, 6) is 0.123. The highest BCUT2D eigenvalue weighted by Gasteiger charge is 2.45. The number of carbonyl (C=O) groups excluding carboxylic acids is 1. The predicted molar refractivity (Wildman–Crippen MR) is 99.7 cm³/mol. The number of likely N-dealkylation sites (N-methyl/N-ethyl adjacent to an activating group) is 1. The first-order chi connectivity index (χ1) is 11.6. The lowest BCUT2D eigenvalue weighted by atomic mass is 9.64.